The number of para-hydroxylation sites is 2. The highest BCUT2D eigenvalue weighted by Gasteiger charge is 2.26. The molecule has 1 aliphatic rings. The molecule has 0 spiro atoms. The fourth-order valence-electron chi connectivity index (χ4n) is 3.94. The molecule has 8 nitrogen and oxygen atoms in total. The maximum absolute atomic E-state index is 12.1. The predicted molar refractivity (Wildman–Crippen MR) is 108 cm³/mol. The van der Waals surface area contributed by atoms with Crippen LogP contribution in [0.1, 0.15) is 37.4 Å². The van der Waals surface area contributed by atoms with E-state index < -0.39 is 0 Å². The van der Waals surface area contributed by atoms with Crippen LogP contribution in [0.4, 0.5) is 0 Å². The lowest BCUT2D eigenvalue weighted by atomic mass is 9.81. The van der Waals surface area contributed by atoms with Gasteiger partial charge < -0.3 is 9.88 Å². The molecule has 2 aromatic heterocycles. The number of nitrogens with zero attached hydrogens (tertiary/aromatic N) is 6. The third kappa shape index (κ3) is 4.04. The molecular formula is C19H25N7OS. The number of carbonyl (C=O) groups excluding carboxylic acids is 1. The fraction of sp³-hybridized carbons (Fsp3) is 0.526. The summed E-state index contributed by atoms with van der Waals surface area (Å²) in [6.07, 6.45) is 4.48. The molecule has 1 aliphatic carbocycles. The van der Waals surface area contributed by atoms with Crippen LogP contribution in [0, 0.1) is 5.92 Å². The minimum atomic E-state index is 0.0328. The molecule has 1 aromatic carbocycles. The molecule has 1 N–H and O–H groups in total. The van der Waals surface area contributed by atoms with Crippen molar-refractivity contribution in [3.05, 3.63) is 30.1 Å². The number of thioether (sulfide) groups is 1. The van der Waals surface area contributed by atoms with Gasteiger partial charge in [0.15, 0.2) is 0 Å². The smallest absolute Gasteiger partial charge is 0.230 e. The van der Waals surface area contributed by atoms with Crippen molar-refractivity contribution in [1.29, 1.82) is 0 Å². The van der Waals surface area contributed by atoms with Crippen LogP contribution in [0.15, 0.2) is 29.4 Å². The fourth-order valence-corrected chi connectivity index (χ4v) is 4.62. The molecule has 9 heteroatoms. The number of amides is 1. The summed E-state index contributed by atoms with van der Waals surface area (Å²) < 4.78 is 3.81. The zero-order valence-corrected chi connectivity index (χ0v) is 17.0. The van der Waals surface area contributed by atoms with Crippen LogP contribution in [-0.2, 0) is 18.9 Å². The lowest BCUT2D eigenvalue weighted by molar-refractivity contribution is -0.118. The highest BCUT2D eigenvalue weighted by atomic mass is 32.2. The maximum atomic E-state index is 12.1. The highest BCUT2D eigenvalue weighted by molar-refractivity contribution is 7.99. The number of imidazole rings is 1. The Morgan fingerprint density at radius 2 is 2.00 bits per heavy atom. The number of rotatable bonds is 6. The zero-order valence-electron chi connectivity index (χ0n) is 16.2. The third-order valence-corrected chi connectivity index (χ3v) is 6.55. The van der Waals surface area contributed by atoms with E-state index in [9.17, 15) is 4.79 Å². The predicted octanol–water partition coefficient (Wildman–Crippen LogP) is 2.28. The van der Waals surface area contributed by atoms with Gasteiger partial charge in [0, 0.05) is 26.6 Å². The number of hydrogen-bond acceptors (Lipinski definition) is 6. The maximum Gasteiger partial charge on any atom is 0.230 e. The van der Waals surface area contributed by atoms with Gasteiger partial charge in [0.1, 0.15) is 5.82 Å². The van der Waals surface area contributed by atoms with Gasteiger partial charge in [-0.25, -0.2) is 9.67 Å². The van der Waals surface area contributed by atoms with Crippen molar-refractivity contribution in [2.45, 2.75) is 36.8 Å². The van der Waals surface area contributed by atoms with Crippen LogP contribution in [0.5, 0.6) is 0 Å². The SMILES string of the molecule is Cn1nnnc1SCC(=O)NCC1CCC(c2nc3ccccc3n2C)CC1. The molecule has 0 unspecified atom stereocenters. The standard InChI is InChI=1S/C19H25N7OS/c1-25-16-6-4-3-5-15(16)21-18(25)14-9-7-13(8-10-14)11-20-17(27)12-28-19-22-23-24-26(19)2/h3-6,13-14H,7-12H2,1-2H3,(H,20,27). The Balaban J connectivity index is 1.24. The van der Waals surface area contributed by atoms with Crippen molar-refractivity contribution < 1.29 is 4.79 Å². The minimum absolute atomic E-state index is 0.0328. The number of hydrogen-bond donors (Lipinski definition) is 1. The first kappa shape index (κ1) is 18.9. The summed E-state index contributed by atoms with van der Waals surface area (Å²) in [5.41, 5.74) is 2.27. The van der Waals surface area contributed by atoms with Gasteiger partial charge in [0.25, 0.3) is 0 Å². The highest BCUT2D eigenvalue weighted by Crippen LogP contribution is 2.36. The topological polar surface area (TPSA) is 90.5 Å². The molecule has 28 heavy (non-hydrogen) atoms. The molecule has 1 saturated carbocycles. The van der Waals surface area contributed by atoms with E-state index in [0.29, 0.717) is 22.7 Å². The molecule has 148 valence electrons. The van der Waals surface area contributed by atoms with Crippen molar-refractivity contribution >= 4 is 28.7 Å². The summed E-state index contributed by atoms with van der Waals surface area (Å²) in [5, 5.41) is 14.9. The molecule has 0 atom stereocenters. The van der Waals surface area contributed by atoms with Crippen LogP contribution >= 0.6 is 11.8 Å². The van der Waals surface area contributed by atoms with Crippen LogP contribution in [0.2, 0.25) is 0 Å². The van der Waals surface area contributed by atoms with E-state index in [2.05, 4.69) is 50.7 Å². The van der Waals surface area contributed by atoms with Gasteiger partial charge in [0.05, 0.1) is 16.8 Å². The first-order valence-corrected chi connectivity index (χ1v) is 10.6. The van der Waals surface area contributed by atoms with Crippen LogP contribution in [-0.4, -0.2) is 48.0 Å². The third-order valence-electron chi connectivity index (χ3n) is 5.54. The number of aryl methyl sites for hydroxylation is 2. The molecule has 0 aliphatic heterocycles. The van der Waals surface area contributed by atoms with Gasteiger partial charge in [-0.3, -0.25) is 4.79 Å². The molecule has 4 rings (SSSR count). The second kappa shape index (κ2) is 8.30. The van der Waals surface area contributed by atoms with Crippen molar-refractivity contribution in [3.63, 3.8) is 0 Å². The van der Waals surface area contributed by atoms with Gasteiger partial charge in [-0.2, -0.15) is 0 Å². The lowest BCUT2D eigenvalue weighted by Gasteiger charge is -2.28. The number of carbonyl (C=O) groups is 1. The van der Waals surface area contributed by atoms with Crippen LogP contribution in [0.3, 0.4) is 0 Å². The number of nitrogens with one attached hydrogen (secondary N) is 1. The summed E-state index contributed by atoms with van der Waals surface area (Å²) in [7, 11) is 3.88. The summed E-state index contributed by atoms with van der Waals surface area (Å²) >= 11 is 1.35. The van der Waals surface area contributed by atoms with Gasteiger partial charge in [-0.15, -0.1) is 5.10 Å². The Morgan fingerprint density at radius 1 is 1.21 bits per heavy atom. The zero-order chi connectivity index (χ0) is 19.5. The van der Waals surface area contributed by atoms with Gasteiger partial charge in [-0.05, 0) is 54.2 Å². The van der Waals surface area contributed by atoms with E-state index in [1.807, 2.05) is 6.07 Å². The number of fused-ring (bicyclic) bond motifs is 1. The Kier molecular flexibility index (Phi) is 5.61. The average Bonchev–Trinajstić information content (AvgIpc) is 3.28. The molecule has 0 radical (unpaired) electrons. The van der Waals surface area contributed by atoms with E-state index in [1.165, 1.54) is 23.1 Å². The van der Waals surface area contributed by atoms with E-state index in [-0.39, 0.29) is 5.91 Å². The van der Waals surface area contributed by atoms with E-state index in [1.54, 1.807) is 11.7 Å². The quantitative estimate of drug-likeness (QED) is 0.640. The van der Waals surface area contributed by atoms with E-state index >= 15 is 0 Å². The van der Waals surface area contributed by atoms with Gasteiger partial charge in [0.2, 0.25) is 11.1 Å². The number of tetrazole rings is 1. The summed E-state index contributed by atoms with van der Waals surface area (Å²) in [4.78, 5) is 17.0. The summed E-state index contributed by atoms with van der Waals surface area (Å²) in [6, 6.07) is 8.31. The van der Waals surface area contributed by atoms with Crippen LogP contribution in [0.25, 0.3) is 11.0 Å². The molecule has 1 amide bonds. The number of benzene rings is 1. The average molecular weight is 400 g/mol. The van der Waals surface area contributed by atoms with Crippen molar-refractivity contribution in [1.82, 2.24) is 35.1 Å². The second-order valence-electron chi connectivity index (χ2n) is 7.41. The van der Waals surface area contributed by atoms with Gasteiger partial charge >= 0.3 is 0 Å². The first-order chi connectivity index (χ1) is 13.6. The Labute approximate surface area is 168 Å². The lowest BCUT2D eigenvalue weighted by Crippen LogP contribution is -2.32. The van der Waals surface area contributed by atoms with Crippen molar-refractivity contribution in [2.75, 3.05) is 12.3 Å². The monoisotopic (exact) mass is 399 g/mol. The minimum Gasteiger partial charge on any atom is -0.355 e. The van der Waals surface area contributed by atoms with Gasteiger partial charge in [-0.1, -0.05) is 23.9 Å². The second-order valence-corrected chi connectivity index (χ2v) is 8.36. The van der Waals surface area contributed by atoms with Crippen molar-refractivity contribution in [3.8, 4) is 0 Å². The van der Waals surface area contributed by atoms with E-state index in [4.69, 9.17) is 4.98 Å². The number of aromatic nitrogens is 6. The molecule has 1 fully saturated rings. The van der Waals surface area contributed by atoms with E-state index in [0.717, 1.165) is 37.7 Å². The first-order valence-electron chi connectivity index (χ1n) is 9.65. The summed E-state index contributed by atoms with van der Waals surface area (Å²) in [5.74, 6) is 2.60. The molecule has 0 saturated heterocycles. The molecule has 3 aromatic rings. The Bertz CT molecular complexity index is 958. The Morgan fingerprint density at radius 3 is 2.71 bits per heavy atom. The Hall–Kier alpha value is -2.42. The summed E-state index contributed by atoms with van der Waals surface area (Å²) in [6.45, 7) is 0.742. The molecule has 2 heterocycles. The molecule has 0 bridgehead atoms. The van der Waals surface area contributed by atoms with Crippen molar-refractivity contribution in [2.24, 2.45) is 20.0 Å². The van der Waals surface area contributed by atoms with Crippen LogP contribution < -0.4 is 5.32 Å². The normalized spacial score (nSPS) is 19.8. The largest absolute Gasteiger partial charge is 0.355 e. The molecular weight excluding hydrogens is 374 g/mol.